The highest BCUT2D eigenvalue weighted by atomic mass is 79.9. The maximum atomic E-state index is 15.1. The highest BCUT2D eigenvalue weighted by Gasteiger charge is 2.30. The van der Waals surface area contributed by atoms with E-state index in [4.69, 9.17) is 10.5 Å². The van der Waals surface area contributed by atoms with Gasteiger partial charge in [0.2, 0.25) is 0 Å². The molecule has 1 unspecified atom stereocenters. The van der Waals surface area contributed by atoms with Gasteiger partial charge in [-0.3, -0.25) is 0 Å². The van der Waals surface area contributed by atoms with E-state index in [1.165, 1.54) is 0 Å². The lowest BCUT2D eigenvalue weighted by Crippen LogP contribution is -2.32. The highest BCUT2D eigenvalue weighted by Crippen LogP contribution is 2.32. The van der Waals surface area contributed by atoms with Gasteiger partial charge in [0.1, 0.15) is 5.75 Å². The van der Waals surface area contributed by atoms with Crippen molar-refractivity contribution in [3.05, 3.63) is 64.1 Å². The summed E-state index contributed by atoms with van der Waals surface area (Å²) < 4.78 is 21.1. The lowest BCUT2D eigenvalue weighted by Gasteiger charge is -2.24. The molecule has 0 saturated heterocycles. The minimum atomic E-state index is -1.56. The van der Waals surface area contributed by atoms with Crippen molar-refractivity contribution in [2.45, 2.75) is 12.1 Å². The Kier molecular flexibility index (Phi) is 4.78. The van der Waals surface area contributed by atoms with Crippen LogP contribution in [-0.4, -0.2) is 13.7 Å². The molecule has 2 aromatic rings. The molecule has 0 aliphatic rings. The lowest BCUT2D eigenvalue weighted by molar-refractivity contribution is 0.175. The predicted octanol–water partition coefficient (Wildman–Crippen LogP) is 3.82. The number of hydrogen-bond donors (Lipinski definition) is 1. The zero-order valence-corrected chi connectivity index (χ0v) is 12.9. The van der Waals surface area contributed by atoms with Crippen LogP contribution in [0.2, 0.25) is 0 Å². The summed E-state index contributed by atoms with van der Waals surface area (Å²) in [7, 11) is 1.60. The first-order valence-corrected chi connectivity index (χ1v) is 7.15. The summed E-state index contributed by atoms with van der Waals surface area (Å²) in [5, 5.41) is 0. The van der Waals surface area contributed by atoms with E-state index >= 15 is 4.39 Å². The molecule has 0 aliphatic heterocycles. The van der Waals surface area contributed by atoms with Crippen molar-refractivity contribution >= 4 is 15.9 Å². The second-order valence-corrected chi connectivity index (χ2v) is 5.54. The van der Waals surface area contributed by atoms with E-state index in [9.17, 15) is 0 Å². The first-order chi connectivity index (χ1) is 9.59. The summed E-state index contributed by atoms with van der Waals surface area (Å²) in [6, 6.07) is 14.6. The van der Waals surface area contributed by atoms with Crippen molar-refractivity contribution in [3.63, 3.8) is 0 Å². The molecule has 2 aromatic carbocycles. The molecule has 0 aromatic heterocycles. The van der Waals surface area contributed by atoms with E-state index < -0.39 is 5.67 Å². The fraction of sp³-hybridized carbons (Fsp3) is 0.250. The third kappa shape index (κ3) is 3.19. The molecule has 0 bridgehead atoms. The molecule has 20 heavy (non-hydrogen) atoms. The molecular weight excluding hydrogens is 321 g/mol. The first-order valence-electron chi connectivity index (χ1n) is 6.36. The summed E-state index contributed by atoms with van der Waals surface area (Å²) in [6.07, 6.45) is 0.232. The van der Waals surface area contributed by atoms with Crippen LogP contribution < -0.4 is 10.5 Å². The molecular formula is C16H17BrFNO. The van der Waals surface area contributed by atoms with Gasteiger partial charge >= 0.3 is 0 Å². The summed E-state index contributed by atoms with van der Waals surface area (Å²) in [4.78, 5) is 0. The molecule has 0 spiro atoms. The van der Waals surface area contributed by atoms with Crippen molar-refractivity contribution in [2.24, 2.45) is 5.73 Å². The number of alkyl halides is 1. The van der Waals surface area contributed by atoms with Crippen LogP contribution >= 0.6 is 15.9 Å². The monoisotopic (exact) mass is 337 g/mol. The van der Waals surface area contributed by atoms with Gasteiger partial charge in [-0.15, -0.1) is 0 Å². The van der Waals surface area contributed by atoms with Gasteiger partial charge in [-0.05, 0) is 39.2 Å². The largest absolute Gasteiger partial charge is 0.496 e. The van der Waals surface area contributed by atoms with Crippen molar-refractivity contribution in [1.82, 2.24) is 0 Å². The first kappa shape index (κ1) is 15.0. The number of nitrogens with two attached hydrogens (primary N) is 1. The molecule has 2 nitrogen and oxygen atoms in total. The van der Waals surface area contributed by atoms with Crippen molar-refractivity contribution < 1.29 is 9.13 Å². The molecule has 0 fully saturated rings. The molecule has 2 N–H and O–H groups in total. The van der Waals surface area contributed by atoms with Crippen LogP contribution in [0.5, 0.6) is 5.75 Å². The van der Waals surface area contributed by atoms with E-state index in [1.54, 1.807) is 19.2 Å². The number of benzene rings is 2. The smallest absolute Gasteiger partial charge is 0.152 e. The fourth-order valence-corrected chi connectivity index (χ4v) is 2.76. The number of ether oxygens (including phenoxy) is 1. The average Bonchev–Trinajstić information content (AvgIpc) is 2.48. The van der Waals surface area contributed by atoms with Gasteiger partial charge in [-0.1, -0.05) is 36.4 Å². The molecule has 1 atom stereocenters. The van der Waals surface area contributed by atoms with Crippen molar-refractivity contribution in [3.8, 4) is 5.75 Å². The van der Waals surface area contributed by atoms with E-state index in [1.807, 2.05) is 36.4 Å². The summed E-state index contributed by atoms with van der Waals surface area (Å²) in [6.45, 7) is -0.0549. The minimum Gasteiger partial charge on any atom is -0.496 e. The lowest BCUT2D eigenvalue weighted by atomic mass is 9.89. The molecule has 106 valence electrons. The second-order valence-electron chi connectivity index (χ2n) is 4.68. The van der Waals surface area contributed by atoms with Gasteiger partial charge < -0.3 is 10.5 Å². The van der Waals surface area contributed by atoms with Gasteiger partial charge in [-0.2, -0.15) is 0 Å². The number of methoxy groups -OCH3 is 1. The molecule has 4 heteroatoms. The number of hydrogen-bond acceptors (Lipinski definition) is 2. The van der Waals surface area contributed by atoms with Gasteiger partial charge in [-0.25, -0.2) is 4.39 Å². The fourth-order valence-electron chi connectivity index (χ4n) is 2.17. The molecule has 0 heterocycles. The Hall–Kier alpha value is -1.39. The minimum absolute atomic E-state index is 0.0549. The van der Waals surface area contributed by atoms with Crippen LogP contribution in [0.1, 0.15) is 11.1 Å². The SMILES string of the molecule is COc1ccc(CC(F)(CN)c2ccccc2)cc1Br. The average molecular weight is 338 g/mol. The van der Waals surface area contributed by atoms with Gasteiger partial charge in [0.15, 0.2) is 5.67 Å². The Morgan fingerprint density at radius 1 is 1.20 bits per heavy atom. The molecule has 0 radical (unpaired) electrons. The summed E-state index contributed by atoms with van der Waals surface area (Å²) >= 11 is 3.41. The van der Waals surface area contributed by atoms with Crippen LogP contribution in [-0.2, 0) is 12.1 Å². The third-order valence-corrected chi connectivity index (χ3v) is 3.93. The van der Waals surface area contributed by atoms with Crippen molar-refractivity contribution in [1.29, 1.82) is 0 Å². The maximum absolute atomic E-state index is 15.1. The van der Waals surface area contributed by atoms with Crippen LogP contribution in [0.4, 0.5) is 4.39 Å². The molecule has 2 rings (SSSR count). The Balaban J connectivity index is 2.28. The van der Waals surface area contributed by atoms with E-state index in [0.717, 1.165) is 15.8 Å². The number of rotatable bonds is 5. The summed E-state index contributed by atoms with van der Waals surface area (Å²) in [5.41, 5.74) is 5.59. The topological polar surface area (TPSA) is 35.2 Å². The van der Waals surface area contributed by atoms with Crippen LogP contribution in [0.25, 0.3) is 0 Å². The maximum Gasteiger partial charge on any atom is 0.152 e. The van der Waals surface area contributed by atoms with Crippen LogP contribution in [0.15, 0.2) is 53.0 Å². The Morgan fingerprint density at radius 3 is 2.45 bits per heavy atom. The van der Waals surface area contributed by atoms with E-state index in [-0.39, 0.29) is 13.0 Å². The van der Waals surface area contributed by atoms with Crippen molar-refractivity contribution in [2.75, 3.05) is 13.7 Å². The Morgan fingerprint density at radius 2 is 1.90 bits per heavy atom. The zero-order chi connectivity index (χ0) is 14.6. The summed E-state index contributed by atoms with van der Waals surface area (Å²) in [5.74, 6) is 0.727. The quantitative estimate of drug-likeness (QED) is 0.899. The standard InChI is InChI=1S/C16H17BrFNO/c1-20-15-8-7-12(9-14(15)17)10-16(18,11-19)13-5-3-2-4-6-13/h2-9H,10-11,19H2,1H3. The van der Waals surface area contributed by atoms with Gasteiger partial charge in [0.25, 0.3) is 0 Å². The predicted molar refractivity (Wildman–Crippen MR) is 82.7 cm³/mol. The molecule has 0 saturated carbocycles. The third-order valence-electron chi connectivity index (χ3n) is 3.32. The molecule has 0 aliphatic carbocycles. The molecule has 0 amide bonds. The van der Waals surface area contributed by atoms with E-state index in [2.05, 4.69) is 15.9 Å². The van der Waals surface area contributed by atoms with Gasteiger partial charge in [0.05, 0.1) is 11.6 Å². The highest BCUT2D eigenvalue weighted by molar-refractivity contribution is 9.10. The normalized spacial score (nSPS) is 13.8. The van der Waals surface area contributed by atoms with E-state index in [0.29, 0.717) is 5.56 Å². The van der Waals surface area contributed by atoms with Crippen LogP contribution in [0, 0.1) is 0 Å². The zero-order valence-electron chi connectivity index (χ0n) is 11.3. The second kappa shape index (κ2) is 6.37. The van der Waals surface area contributed by atoms with Gasteiger partial charge in [0, 0.05) is 13.0 Å². The Labute approximate surface area is 126 Å². The van der Waals surface area contributed by atoms with Crippen LogP contribution in [0.3, 0.4) is 0 Å². The number of halogens is 2. The Bertz CT molecular complexity index is 576.